The van der Waals surface area contributed by atoms with Crippen LogP contribution in [0, 0.1) is 0 Å². The number of aromatic nitrogens is 4. The molecule has 2 aromatic heterocycles. The van der Waals surface area contributed by atoms with E-state index in [9.17, 15) is 14.7 Å². The molecular weight excluding hydrogens is 415 g/mol. The van der Waals surface area contributed by atoms with Crippen LogP contribution in [0.25, 0.3) is 11.3 Å². The fourth-order valence-electron chi connectivity index (χ4n) is 2.85. The molecule has 2 heterocycles. The summed E-state index contributed by atoms with van der Waals surface area (Å²) >= 11 is 17.8. The molecule has 140 valence electrons. The van der Waals surface area contributed by atoms with E-state index < -0.39 is 11.4 Å². The predicted octanol–water partition coefficient (Wildman–Crippen LogP) is 3.83. The van der Waals surface area contributed by atoms with E-state index in [1.165, 1.54) is 23.1 Å². The van der Waals surface area contributed by atoms with Crippen molar-refractivity contribution in [2.45, 2.75) is 20.0 Å². The quantitative estimate of drug-likeness (QED) is 0.668. The number of nitrogens with zero attached hydrogens (tertiary/aromatic N) is 4. The van der Waals surface area contributed by atoms with E-state index in [4.69, 9.17) is 34.8 Å². The van der Waals surface area contributed by atoms with Gasteiger partial charge in [0, 0.05) is 23.9 Å². The molecule has 3 rings (SSSR count). The topological polar surface area (TPSA) is 90.0 Å². The first kappa shape index (κ1) is 19.4. The van der Waals surface area contributed by atoms with Crippen LogP contribution in [-0.2, 0) is 13.1 Å². The van der Waals surface area contributed by atoms with Gasteiger partial charge in [-0.25, -0.2) is 14.5 Å². The molecule has 27 heavy (non-hydrogen) atoms. The minimum Gasteiger partial charge on any atom is -0.477 e. The average Bonchev–Trinajstić information content (AvgIpc) is 3.01. The first-order valence-electron chi connectivity index (χ1n) is 7.82. The summed E-state index contributed by atoms with van der Waals surface area (Å²) in [5, 5.41) is 14.3. The van der Waals surface area contributed by atoms with E-state index in [0.29, 0.717) is 22.8 Å². The maximum Gasteiger partial charge on any atom is 0.341 e. The Labute approximate surface area is 168 Å². The molecule has 7 nitrogen and oxygen atoms in total. The first-order chi connectivity index (χ1) is 12.8. The van der Waals surface area contributed by atoms with Crippen LogP contribution in [0.1, 0.15) is 23.0 Å². The van der Waals surface area contributed by atoms with Crippen molar-refractivity contribution in [2.24, 2.45) is 0 Å². The lowest BCUT2D eigenvalue weighted by Crippen LogP contribution is -2.24. The molecule has 0 aliphatic carbocycles. The average molecular weight is 428 g/mol. The van der Waals surface area contributed by atoms with Gasteiger partial charge >= 0.3 is 5.97 Å². The van der Waals surface area contributed by atoms with Crippen molar-refractivity contribution in [1.29, 1.82) is 0 Å². The maximum absolute atomic E-state index is 12.6. The van der Waals surface area contributed by atoms with Gasteiger partial charge in [0.05, 0.1) is 22.3 Å². The van der Waals surface area contributed by atoms with E-state index in [0.717, 1.165) is 0 Å². The van der Waals surface area contributed by atoms with E-state index in [2.05, 4.69) is 10.1 Å². The SMILES string of the molecule is CCn1c(Cn2cnc(Cl)n2)cc(=O)c(C(=O)O)c1-c1ccc(Cl)c(Cl)c1. The molecule has 0 radical (unpaired) electrons. The van der Waals surface area contributed by atoms with Crippen molar-refractivity contribution in [3.05, 3.63) is 67.4 Å². The van der Waals surface area contributed by atoms with E-state index in [-0.39, 0.29) is 28.1 Å². The number of carboxylic acid groups (broad SMARTS) is 1. The second-order valence-corrected chi connectivity index (χ2v) is 6.77. The van der Waals surface area contributed by atoms with Gasteiger partial charge in [-0.1, -0.05) is 29.3 Å². The van der Waals surface area contributed by atoms with Gasteiger partial charge in [0.2, 0.25) is 5.28 Å². The molecule has 0 aliphatic heterocycles. The molecule has 0 unspecified atom stereocenters. The summed E-state index contributed by atoms with van der Waals surface area (Å²) < 4.78 is 3.18. The van der Waals surface area contributed by atoms with E-state index in [1.807, 2.05) is 6.92 Å². The van der Waals surface area contributed by atoms with Crippen LogP contribution in [0.4, 0.5) is 0 Å². The number of benzene rings is 1. The molecule has 0 spiro atoms. The van der Waals surface area contributed by atoms with Crippen molar-refractivity contribution in [1.82, 2.24) is 19.3 Å². The third-order valence-corrected chi connectivity index (χ3v) is 4.87. The smallest absolute Gasteiger partial charge is 0.341 e. The lowest BCUT2D eigenvalue weighted by Gasteiger charge is -2.20. The van der Waals surface area contributed by atoms with Crippen molar-refractivity contribution in [3.63, 3.8) is 0 Å². The maximum atomic E-state index is 12.6. The number of halogens is 3. The Morgan fingerprint density at radius 3 is 2.48 bits per heavy atom. The number of hydrogen-bond donors (Lipinski definition) is 1. The Hall–Kier alpha value is -2.35. The van der Waals surface area contributed by atoms with Gasteiger partial charge in [0.1, 0.15) is 11.9 Å². The number of rotatable bonds is 5. The Bertz CT molecular complexity index is 1090. The summed E-state index contributed by atoms with van der Waals surface area (Å²) in [5.41, 5.74) is 0.316. The number of pyridine rings is 1. The van der Waals surface area contributed by atoms with Crippen molar-refractivity contribution in [3.8, 4) is 11.3 Å². The van der Waals surface area contributed by atoms with Gasteiger partial charge < -0.3 is 9.67 Å². The zero-order valence-electron chi connectivity index (χ0n) is 14.0. The summed E-state index contributed by atoms with van der Waals surface area (Å²) in [6, 6.07) is 5.99. The molecule has 1 aromatic carbocycles. The van der Waals surface area contributed by atoms with Crippen LogP contribution in [0.15, 0.2) is 35.4 Å². The normalized spacial score (nSPS) is 11.0. The minimum atomic E-state index is -1.32. The standard InChI is InChI=1S/C17H13Cl3N4O3/c1-2-24-10(7-23-8-21-17(20)22-23)6-13(25)14(16(26)27)15(24)9-3-4-11(18)12(19)5-9/h3-6,8H,2,7H2,1H3,(H,26,27). The molecule has 0 saturated heterocycles. The largest absolute Gasteiger partial charge is 0.477 e. The Morgan fingerprint density at radius 2 is 1.93 bits per heavy atom. The van der Waals surface area contributed by atoms with Crippen LogP contribution in [0.3, 0.4) is 0 Å². The zero-order valence-corrected chi connectivity index (χ0v) is 16.3. The van der Waals surface area contributed by atoms with Gasteiger partial charge in [0.15, 0.2) is 5.43 Å². The summed E-state index contributed by atoms with van der Waals surface area (Å²) in [4.78, 5) is 28.2. The van der Waals surface area contributed by atoms with Gasteiger partial charge in [0.25, 0.3) is 0 Å². The Kier molecular flexibility index (Phi) is 5.55. The molecule has 0 aliphatic rings. The number of aromatic carboxylic acids is 1. The fraction of sp³-hybridized carbons (Fsp3) is 0.176. The number of hydrogen-bond acceptors (Lipinski definition) is 4. The lowest BCUT2D eigenvalue weighted by atomic mass is 10.0. The molecule has 0 bridgehead atoms. The summed E-state index contributed by atoms with van der Waals surface area (Å²) in [7, 11) is 0. The molecule has 1 N–H and O–H groups in total. The second-order valence-electron chi connectivity index (χ2n) is 5.61. The molecule has 3 aromatic rings. The van der Waals surface area contributed by atoms with Crippen molar-refractivity contribution in [2.75, 3.05) is 0 Å². The zero-order chi connectivity index (χ0) is 19.7. The third-order valence-electron chi connectivity index (χ3n) is 3.95. The molecular formula is C17H13Cl3N4O3. The number of carbonyl (C=O) groups is 1. The summed E-state index contributed by atoms with van der Waals surface area (Å²) in [6.45, 7) is 2.44. The van der Waals surface area contributed by atoms with Crippen molar-refractivity contribution < 1.29 is 9.90 Å². The monoisotopic (exact) mass is 426 g/mol. The molecule has 0 atom stereocenters. The second kappa shape index (κ2) is 7.72. The first-order valence-corrected chi connectivity index (χ1v) is 8.95. The molecule has 0 amide bonds. The highest BCUT2D eigenvalue weighted by Crippen LogP contribution is 2.30. The van der Waals surface area contributed by atoms with Crippen LogP contribution in [0.5, 0.6) is 0 Å². The molecule has 10 heteroatoms. The minimum absolute atomic E-state index is 0.0762. The highest BCUT2D eigenvalue weighted by molar-refractivity contribution is 6.42. The van der Waals surface area contributed by atoms with Crippen LogP contribution in [-0.4, -0.2) is 30.4 Å². The van der Waals surface area contributed by atoms with Crippen LogP contribution in [0.2, 0.25) is 15.3 Å². The van der Waals surface area contributed by atoms with Gasteiger partial charge in [-0.3, -0.25) is 4.79 Å². The Balaban J connectivity index is 2.29. The summed E-state index contributed by atoms with van der Waals surface area (Å²) in [5.74, 6) is -1.32. The highest BCUT2D eigenvalue weighted by atomic mass is 35.5. The predicted molar refractivity (Wildman–Crippen MR) is 103 cm³/mol. The lowest BCUT2D eigenvalue weighted by molar-refractivity contribution is 0.0695. The van der Waals surface area contributed by atoms with Gasteiger partial charge in [-0.05, 0) is 30.7 Å². The molecule has 0 fully saturated rings. The van der Waals surface area contributed by atoms with E-state index >= 15 is 0 Å². The van der Waals surface area contributed by atoms with Crippen molar-refractivity contribution >= 4 is 40.8 Å². The van der Waals surface area contributed by atoms with Crippen LogP contribution < -0.4 is 5.43 Å². The fourth-order valence-corrected chi connectivity index (χ4v) is 3.29. The molecule has 0 saturated carbocycles. The van der Waals surface area contributed by atoms with Gasteiger partial charge in [-0.2, -0.15) is 0 Å². The van der Waals surface area contributed by atoms with E-state index in [1.54, 1.807) is 16.7 Å². The number of carboxylic acids is 1. The highest BCUT2D eigenvalue weighted by Gasteiger charge is 2.22. The van der Waals surface area contributed by atoms with Gasteiger partial charge in [-0.15, -0.1) is 5.10 Å². The summed E-state index contributed by atoms with van der Waals surface area (Å²) in [6.07, 6.45) is 1.43. The Morgan fingerprint density at radius 1 is 1.19 bits per heavy atom. The third kappa shape index (κ3) is 3.85. The van der Waals surface area contributed by atoms with Crippen LogP contribution >= 0.6 is 34.8 Å².